The van der Waals surface area contributed by atoms with Crippen LogP contribution in [0.5, 0.6) is 0 Å². The standard InChI is InChI=1S/C14H28/c1-5-12(3)8-7-9-14(4)10-13(6-2)11-14/h12-13H,5-11H2,1-4H3. The van der Waals surface area contributed by atoms with Crippen LogP contribution in [0.25, 0.3) is 0 Å². The van der Waals surface area contributed by atoms with Crippen LogP contribution in [0.1, 0.15) is 72.6 Å². The first kappa shape index (κ1) is 12.1. The van der Waals surface area contributed by atoms with Gasteiger partial charge in [0.25, 0.3) is 0 Å². The number of rotatable bonds is 6. The smallest absolute Gasteiger partial charge is 0.0321 e. The van der Waals surface area contributed by atoms with Gasteiger partial charge in [-0.2, -0.15) is 0 Å². The predicted octanol–water partition coefficient (Wildman–Crippen LogP) is 5.03. The van der Waals surface area contributed by atoms with Crippen molar-refractivity contribution in [2.45, 2.75) is 72.6 Å². The molecule has 1 saturated carbocycles. The molecule has 14 heavy (non-hydrogen) atoms. The molecule has 0 aliphatic heterocycles. The predicted molar refractivity (Wildman–Crippen MR) is 64.4 cm³/mol. The quantitative estimate of drug-likeness (QED) is 0.559. The maximum Gasteiger partial charge on any atom is -0.0321 e. The Morgan fingerprint density at radius 1 is 1.29 bits per heavy atom. The Kier molecular flexibility index (Phi) is 4.47. The van der Waals surface area contributed by atoms with Gasteiger partial charge in [0.2, 0.25) is 0 Å². The van der Waals surface area contributed by atoms with Gasteiger partial charge in [0.05, 0.1) is 0 Å². The Morgan fingerprint density at radius 2 is 1.93 bits per heavy atom. The molecule has 0 saturated heterocycles. The highest BCUT2D eigenvalue weighted by Gasteiger charge is 2.38. The fourth-order valence-electron chi connectivity index (χ4n) is 2.91. The van der Waals surface area contributed by atoms with Gasteiger partial charge in [-0.05, 0) is 36.5 Å². The number of hydrogen-bond donors (Lipinski definition) is 0. The Bertz CT molecular complexity index is 153. The number of hydrogen-bond acceptors (Lipinski definition) is 0. The third-order valence-corrected chi connectivity index (χ3v) is 4.31. The van der Waals surface area contributed by atoms with Gasteiger partial charge in [0.15, 0.2) is 0 Å². The van der Waals surface area contributed by atoms with Crippen LogP contribution in [0.3, 0.4) is 0 Å². The maximum absolute atomic E-state index is 2.50. The van der Waals surface area contributed by atoms with Gasteiger partial charge in [-0.15, -0.1) is 0 Å². The molecule has 0 nitrogen and oxygen atoms in total. The highest BCUT2D eigenvalue weighted by atomic mass is 14.4. The highest BCUT2D eigenvalue weighted by molar-refractivity contribution is 4.89. The van der Waals surface area contributed by atoms with Crippen molar-refractivity contribution in [2.75, 3.05) is 0 Å². The Hall–Kier alpha value is 0. The lowest BCUT2D eigenvalue weighted by atomic mass is 9.60. The molecule has 0 heterocycles. The van der Waals surface area contributed by atoms with Crippen LogP contribution in [0.2, 0.25) is 0 Å². The molecule has 1 aliphatic carbocycles. The van der Waals surface area contributed by atoms with E-state index in [1.165, 1.54) is 44.9 Å². The summed E-state index contributed by atoms with van der Waals surface area (Å²) in [5.41, 5.74) is 0.730. The van der Waals surface area contributed by atoms with Crippen LogP contribution in [0.4, 0.5) is 0 Å². The fourth-order valence-corrected chi connectivity index (χ4v) is 2.91. The van der Waals surface area contributed by atoms with E-state index in [9.17, 15) is 0 Å². The zero-order valence-corrected chi connectivity index (χ0v) is 10.6. The third kappa shape index (κ3) is 3.29. The van der Waals surface area contributed by atoms with Crippen molar-refractivity contribution in [1.29, 1.82) is 0 Å². The van der Waals surface area contributed by atoms with Crippen LogP contribution < -0.4 is 0 Å². The van der Waals surface area contributed by atoms with E-state index in [0.29, 0.717) is 0 Å². The zero-order valence-electron chi connectivity index (χ0n) is 10.6. The summed E-state index contributed by atoms with van der Waals surface area (Å²) in [4.78, 5) is 0. The second-order valence-corrected chi connectivity index (χ2v) is 5.90. The lowest BCUT2D eigenvalue weighted by molar-refractivity contribution is 0.0588. The summed E-state index contributed by atoms with van der Waals surface area (Å²) in [7, 11) is 0. The van der Waals surface area contributed by atoms with Crippen molar-refractivity contribution in [2.24, 2.45) is 17.3 Å². The highest BCUT2D eigenvalue weighted by Crippen LogP contribution is 2.50. The van der Waals surface area contributed by atoms with E-state index in [-0.39, 0.29) is 0 Å². The van der Waals surface area contributed by atoms with Crippen LogP contribution in [0, 0.1) is 17.3 Å². The lowest BCUT2D eigenvalue weighted by Gasteiger charge is -2.45. The molecule has 0 amide bonds. The summed E-state index contributed by atoms with van der Waals surface area (Å²) >= 11 is 0. The fraction of sp³-hybridized carbons (Fsp3) is 1.00. The maximum atomic E-state index is 2.50. The second-order valence-electron chi connectivity index (χ2n) is 5.90. The molecule has 0 aromatic rings. The van der Waals surface area contributed by atoms with Crippen LogP contribution in [0.15, 0.2) is 0 Å². The molecule has 0 radical (unpaired) electrons. The molecular formula is C14H28. The molecule has 84 valence electrons. The zero-order chi connectivity index (χ0) is 10.6. The topological polar surface area (TPSA) is 0 Å². The average Bonchev–Trinajstić information content (AvgIpc) is 2.13. The summed E-state index contributed by atoms with van der Waals surface area (Å²) in [6.07, 6.45) is 10.2. The van der Waals surface area contributed by atoms with Crippen molar-refractivity contribution in [1.82, 2.24) is 0 Å². The normalized spacial score (nSPS) is 33.9. The van der Waals surface area contributed by atoms with Crippen LogP contribution >= 0.6 is 0 Å². The molecule has 1 aliphatic rings. The molecule has 0 spiro atoms. The summed E-state index contributed by atoms with van der Waals surface area (Å²) in [6, 6.07) is 0. The summed E-state index contributed by atoms with van der Waals surface area (Å²) in [6.45, 7) is 9.53. The monoisotopic (exact) mass is 196 g/mol. The molecule has 1 rings (SSSR count). The van der Waals surface area contributed by atoms with E-state index < -0.39 is 0 Å². The minimum Gasteiger partial charge on any atom is -0.0651 e. The molecule has 1 unspecified atom stereocenters. The van der Waals surface area contributed by atoms with Gasteiger partial charge >= 0.3 is 0 Å². The molecule has 0 aromatic heterocycles. The van der Waals surface area contributed by atoms with Crippen molar-refractivity contribution >= 4 is 0 Å². The van der Waals surface area contributed by atoms with Crippen molar-refractivity contribution in [3.05, 3.63) is 0 Å². The first-order valence-electron chi connectivity index (χ1n) is 6.59. The van der Waals surface area contributed by atoms with Crippen molar-refractivity contribution in [3.63, 3.8) is 0 Å². The van der Waals surface area contributed by atoms with Gasteiger partial charge in [0, 0.05) is 0 Å². The third-order valence-electron chi connectivity index (χ3n) is 4.31. The van der Waals surface area contributed by atoms with E-state index in [4.69, 9.17) is 0 Å². The minimum atomic E-state index is 0.730. The summed E-state index contributed by atoms with van der Waals surface area (Å²) in [5, 5.41) is 0. The van der Waals surface area contributed by atoms with E-state index in [1.807, 2.05) is 0 Å². The second kappa shape index (κ2) is 5.19. The van der Waals surface area contributed by atoms with Crippen molar-refractivity contribution in [3.8, 4) is 0 Å². The van der Waals surface area contributed by atoms with E-state index in [0.717, 1.165) is 17.3 Å². The van der Waals surface area contributed by atoms with Gasteiger partial charge < -0.3 is 0 Å². The first-order chi connectivity index (χ1) is 6.59. The van der Waals surface area contributed by atoms with Crippen molar-refractivity contribution < 1.29 is 0 Å². The Morgan fingerprint density at radius 3 is 2.43 bits per heavy atom. The molecule has 0 aromatic carbocycles. The lowest BCUT2D eigenvalue weighted by Crippen LogP contribution is -2.34. The largest absolute Gasteiger partial charge is 0.0651 e. The van der Waals surface area contributed by atoms with Gasteiger partial charge in [-0.1, -0.05) is 53.4 Å². The van der Waals surface area contributed by atoms with Gasteiger partial charge in [-0.25, -0.2) is 0 Å². The molecular weight excluding hydrogens is 168 g/mol. The van der Waals surface area contributed by atoms with E-state index >= 15 is 0 Å². The van der Waals surface area contributed by atoms with Gasteiger partial charge in [-0.3, -0.25) is 0 Å². The molecule has 1 fully saturated rings. The van der Waals surface area contributed by atoms with Crippen LogP contribution in [-0.4, -0.2) is 0 Å². The minimum absolute atomic E-state index is 0.730. The summed E-state index contributed by atoms with van der Waals surface area (Å²) in [5.74, 6) is 2.00. The molecule has 0 heteroatoms. The average molecular weight is 196 g/mol. The van der Waals surface area contributed by atoms with E-state index in [2.05, 4.69) is 27.7 Å². The summed E-state index contributed by atoms with van der Waals surface area (Å²) < 4.78 is 0. The Labute approximate surface area is 90.5 Å². The molecule has 0 N–H and O–H groups in total. The van der Waals surface area contributed by atoms with Gasteiger partial charge in [0.1, 0.15) is 0 Å². The Balaban J connectivity index is 2.08. The van der Waals surface area contributed by atoms with Crippen LogP contribution in [-0.2, 0) is 0 Å². The van der Waals surface area contributed by atoms with E-state index in [1.54, 1.807) is 0 Å². The SMILES string of the molecule is CCC(C)CCCC1(C)CC(CC)C1. The molecule has 0 bridgehead atoms. The molecule has 1 atom stereocenters. The first-order valence-corrected chi connectivity index (χ1v) is 6.59.